The number of benzene rings is 2. The van der Waals surface area contributed by atoms with Gasteiger partial charge in [-0.05, 0) is 23.3 Å². The third-order valence-electron chi connectivity index (χ3n) is 3.75. The van der Waals surface area contributed by atoms with Gasteiger partial charge >= 0.3 is 5.97 Å². The second kappa shape index (κ2) is 9.20. The molecule has 0 aromatic heterocycles. The Hall–Kier alpha value is -2.37. The first-order valence-electron chi connectivity index (χ1n) is 8.31. The molecule has 0 aliphatic heterocycles. The molecule has 0 aliphatic rings. The maximum Gasteiger partial charge on any atom is 0.341 e. The first-order valence-corrected chi connectivity index (χ1v) is 8.31. The molecule has 2 aromatic rings. The van der Waals surface area contributed by atoms with Crippen molar-refractivity contribution in [3.8, 4) is 5.75 Å². The summed E-state index contributed by atoms with van der Waals surface area (Å²) < 4.78 is 10.6. The Bertz CT molecular complexity index is 685. The highest BCUT2D eigenvalue weighted by atomic mass is 16.5. The van der Waals surface area contributed by atoms with Gasteiger partial charge in [-0.25, -0.2) is 4.79 Å². The quantitative estimate of drug-likeness (QED) is 0.721. The molecule has 1 unspecified atom stereocenters. The summed E-state index contributed by atoms with van der Waals surface area (Å²) in [7, 11) is 1.33. The predicted molar refractivity (Wildman–Crippen MR) is 96.7 cm³/mol. The molecule has 25 heavy (non-hydrogen) atoms. The van der Waals surface area contributed by atoms with Crippen molar-refractivity contribution < 1.29 is 19.4 Å². The topological polar surface area (TPSA) is 67.8 Å². The smallest absolute Gasteiger partial charge is 0.341 e. The zero-order chi connectivity index (χ0) is 18.2. The third-order valence-corrected chi connectivity index (χ3v) is 3.75. The number of esters is 1. The summed E-state index contributed by atoms with van der Waals surface area (Å²) in [5.74, 6) is -0.0580. The van der Waals surface area contributed by atoms with Gasteiger partial charge in [-0.3, -0.25) is 0 Å². The Labute approximate surface area is 148 Å². The van der Waals surface area contributed by atoms with Crippen molar-refractivity contribution in [3.63, 3.8) is 0 Å². The number of ether oxygens (including phenoxy) is 2. The van der Waals surface area contributed by atoms with Gasteiger partial charge in [0.25, 0.3) is 0 Å². The van der Waals surface area contributed by atoms with Crippen LogP contribution in [0.4, 0.5) is 0 Å². The largest absolute Gasteiger partial charge is 0.488 e. The molecular formula is C20H25NO4. The van der Waals surface area contributed by atoms with Gasteiger partial charge in [0.1, 0.15) is 17.9 Å². The van der Waals surface area contributed by atoms with Crippen molar-refractivity contribution in [2.24, 2.45) is 0 Å². The summed E-state index contributed by atoms with van der Waals surface area (Å²) in [5, 5.41) is 13.5. The van der Waals surface area contributed by atoms with Crippen LogP contribution >= 0.6 is 0 Å². The summed E-state index contributed by atoms with van der Waals surface area (Å²) in [6, 6.07) is 15.1. The van der Waals surface area contributed by atoms with Crippen LogP contribution in [0.5, 0.6) is 5.75 Å². The zero-order valence-electron chi connectivity index (χ0n) is 14.9. The van der Waals surface area contributed by atoms with E-state index >= 15 is 0 Å². The van der Waals surface area contributed by atoms with Gasteiger partial charge in [-0.15, -0.1) is 0 Å². The van der Waals surface area contributed by atoms with Gasteiger partial charge in [0.2, 0.25) is 0 Å². The molecule has 0 heterocycles. The number of nitrogens with one attached hydrogen (secondary N) is 1. The monoisotopic (exact) mass is 343 g/mol. The van der Waals surface area contributed by atoms with Crippen LogP contribution in [0, 0.1) is 0 Å². The van der Waals surface area contributed by atoms with Crippen molar-refractivity contribution >= 4 is 5.97 Å². The van der Waals surface area contributed by atoms with E-state index in [0.717, 1.165) is 5.56 Å². The number of aliphatic hydroxyl groups excluding tert-OH is 1. The van der Waals surface area contributed by atoms with E-state index in [1.807, 2.05) is 44.2 Å². The van der Waals surface area contributed by atoms with Gasteiger partial charge in [-0.1, -0.05) is 50.2 Å². The molecule has 2 N–H and O–H groups in total. The second-order valence-electron chi connectivity index (χ2n) is 6.10. The lowest BCUT2D eigenvalue weighted by Crippen LogP contribution is -2.28. The maximum atomic E-state index is 12.1. The lowest BCUT2D eigenvalue weighted by molar-refractivity contribution is 0.0595. The number of rotatable bonds is 8. The molecule has 5 heteroatoms. The number of aliphatic hydroxyl groups is 1. The summed E-state index contributed by atoms with van der Waals surface area (Å²) in [4.78, 5) is 12.1. The Morgan fingerprint density at radius 1 is 1.16 bits per heavy atom. The van der Waals surface area contributed by atoms with Crippen LogP contribution in [0.1, 0.15) is 41.4 Å². The maximum absolute atomic E-state index is 12.1. The summed E-state index contributed by atoms with van der Waals surface area (Å²) in [6.07, 6.45) is -0.714. The Morgan fingerprint density at radius 2 is 1.88 bits per heavy atom. The average molecular weight is 343 g/mol. The minimum atomic E-state index is -0.714. The number of carbonyl (C=O) groups excluding carboxylic acids is 1. The second-order valence-corrected chi connectivity index (χ2v) is 6.10. The van der Waals surface area contributed by atoms with Gasteiger partial charge in [0, 0.05) is 12.6 Å². The molecule has 0 aliphatic carbocycles. The molecule has 0 bridgehead atoms. The van der Waals surface area contributed by atoms with Gasteiger partial charge in [0.05, 0.1) is 13.2 Å². The van der Waals surface area contributed by atoms with Gasteiger partial charge < -0.3 is 19.9 Å². The van der Waals surface area contributed by atoms with Gasteiger partial charge in [-0.2, -0.15) is 0 Å². The Kier molecular flexibility index (Phi) is 6.98. The molecule has 0 saturated heterocycles. The van der Waals surface area contributed by atoms with Crippen molar-refractivity contribution in [2.75, 3.05) is 13.7 Å². The first-order chi connectivity index (χ1) is 12.0. The van der Waals surface area contributed by atoms with Crippen LogP contribution < -0.4 is 10.1 Å². The van der Waals surface area contributed by atoms with E-state index in [0.29, 0.717) is 30.0 Å². The van der Waals surface area contributed by atoms with Crippen LogP contribution in [0.25, 0.3) is 0 Å². The summed E-state index contributed by atoms with van der Waals surface area (Å²) in [6.45, 7) is 4.77. The molecule has 2 aromatic carbocycles. The van der Waals surface area contributed by atoms with Crippen molar-refractivity contribution in [1.29, 1.82) is 0 Å². The fourth-order valence-electron chi connectivity index (χ4n) is 2.35. The average Bonchev–Trinajstić information content (AvgIpc) is 2.64. The molecule has 0 fully saturated rings. The number of hydrogen-bond acceptors (Lipinski definition) is 5. The highest BCUT2D eigenvalue weighted by Gasteiger charge is 2.17. The fraction of sp³-hybridized carbons (Fsp3) is 0.350. The van der Waals surface area contributed by atoms with Crippen LogP contribution in [-0.2, 0) is 11.3 Å². The molecule has 1 atom stereocenters. The van der Waals surface area contributed by atoms with E-state index in [9.17, 15) is 9.90 Å². The van der Waals surface area contributed by atoms with E-state index in [-0.39, 0.29) is 6.04 Å². The molecular weight excluding hydrogens is 318 g/mol. The van der Waals surface area contributed by atoms with Crippen molar-refractivity contribution in [2.45, 2.75) is 32.6 Å². The number of hydrogen-bond donors (Lipinski definition) is 2. The van der Waals surface area contributed by atoms with Crippen LogP contribution in [0.3, 0.4) is 0 Å². The number of carbonyl (C=O) groups is 1. The molecule has 0 spiro atoms. The molecule has 0 amide bonds. The zero-order valence-corrected chi connectivity index (χ0v) is 14.9. The predicted octanol–water partition coefficient (Wildman–Crippen LogP) is 3.08. The third kappa shape index (κ3) is 5.59. The number of methoxy groups -OCH3 is 1. The summed E-state index contributed by atoms with van der Waals surface area (Å²) in [5.41, 5.74) is 1.95. The normalized spacial score (nSPS) is 12.0. The molecule has 5 nitrogen and oxygen atoms in total. The highest BCUT2D eigenvalue weighted by molar-refractivity contribution is 5.92. The molecule has 2 rings (SSSR count). The van der Waals surface area contributed by atoms with E-state index in [1.54, 1.807) is 18.2 Å². The Morgan fingerprint density at radius 3 is 2.52 bits per heavy atom. The lowest BCUT2D eigenvalue weighted by atomic mass is 10.0. The molecule has 0 radical (unpaired) electrons. The van der Waals surface area contributed by atoms with Crippen molar-refractivity contribution in [3.05, 3.63) is 65.2 Å². The van der Waals surface area contributed by atoms with E-state index < -0.39 is 12.1 Å². The summed E-state index contributed by atoms with van der Waals surface area (Å²) >= 11 is 0. The van der Waals surface area contributed by atoms with E-state index in [2.05, 4.69) is 5.32 Å². The minimum absolute atomic E-state index is 0.267. The van der Waals surface area contributed by atoms with Crippen LogP contribution in [-0.4, -0.2) is 30.8 Å². The Balaban J connectivity index is 2.17. The standard InChI is InChI=1S/C20H25NO4/c1-14(2)21-12-18(22)16-9-10-19(17(11-16)20(23)24-3)25-13-15-7-5-4-6-8-15/h4-11,14,18,21-22H,12-13H2,1-3H3. The molecule has 134 valence electrons. The highest BCUT2D eigenvalue weighted by Crippen LogP contribution is 2.25. The van der Waals surface area contributed by atoms with E-state index in [4.69, 9.17) is 9.47 Å². The van der Waals surface area contributed by atoms with Gasteiger partial charge in [0.15, 0.2) is 0 Å². The van der Waals surface area contributed by atoms with E-state index in [1.165, 1.54) is 7.11 Å². The minimum Gasteiger partial charge on any atom is -0.488 e. The van der Waals surface area contributed by atoms with Crippen LogP contribution in [0.2, 0.25) is 0 Å². The fourth-order valence-corrected chi connectivity index (χ4v) is 2.35. The van der Waals surface area contributed by atoms with Crippen molar-refractivity contribution in [1.82, 2.24) is 5.32 Å². The molecule has 0 saturated carbocycles. The first kappa shape index (κ1) is 19.0. The van der Waals surface area contributed by atoms with Crippen LogP contribution in [0.15, 0.2) is 48.5 Å². The SMILES string of the molecule is COC(=O)c1cc(C(O)CNC(C)C)ccc1OCc1ccccc1. The lowest BCUT2D eigenvalue weighted by Gasteiger charge is -2.17.